The van der Waals surface area contributed by atoms with Gasteiger partial charge in [0.05, 0.1) is 0 Å². The third kappa shape index (κ3) is 2.65. The Bertz CT molecular complexity index is 332. The van der Waals surface area contributed by atoms with Gasteiger partial charge in [0.15, 0.2) is 0 Å². The SMILES string of the molecule is CC1(C(=O)N2CCC(N3CCNCC3)C2)CCCC1. The summed E-state index contributed by atoms with van der Waals surface area (Å²) in [6, 6.07) is 0.607. The van der Waals surface area contributed by atoms with Crippen LogP contribution in [0.15, 0.2) is 0 Å². The molecule has 1 N–H and O–H groups in total. The van der Waals surface area contributed by atoms with Crippen LogP contribution in [-0.2, 0) is 4.79 Å². The molecule has 1 saturated carbocycles. The number of rotatable bonds is 2. The van der Waals surface area contributed by atoms with Gasteiger partial charge in [-0.15, -0.1) is 0 Å². The minimum atomic E-state index is -0.0433. The molecule has 2 aliphatic heterocycles. The van der Waals surface area contributed by atoms with Gasteiger partial charge in [-0.1, -0.05) is 19.8 Å². The Balaban J connectivity index is 1.57. The van der Waals surface area contributed by atoms with E-state index in [0.29, 0.717) is 11.9 Å². The van der Waals surface area contributed by atoms with Crippen LogP contribution >= 0.6 is 0 Å². The minimum absolute atomic E-state index is 0.0433. The summed E-state index contributed by atoms with van der Waals surface area (Å²) in [6.45, 7) is 8.61. The van der Waals surface area contributed by atoms with Gasteiger partial charge in [0.2, 0.25) is 5.91 Å². The highest BCUT2D eigenvalue weighted by Crippen LogP contribution is 2.39. The maximum Gasteiger partial charge on any atom is 0.228 e. The number of piperazine rings is 1. The van der Waals surface area contributed by atoms with E-state index in [-0.39, 0.29) is 5.41 Å². The molecule has 0 spiro atoms. The molecular weight excluding hydrogens is 238 g/mol. The largest absolute Gasteiger partial charge is 0.341 e. The molecule has 0 bridgehead atoms. The molecule has 0 aromatic carbocycles. The number of likely N-dealkylation sites (tertiary alicyclic amines) is 1. The summed E-state index contributed by atoms with van der Waals surface area (Å²) in [5.74, 6) is 0.433. The second-order valence-corrected chi connectivity index (χ2v) is 6.75. The molecule has 3 aliphatic rings. The van der Waals surface area contributed by atoms with Crippen molar-refractivity contribution < 1.29 is 4.79 Å². The van der Waals surface area contributed by atoms with Crippen molar-refractivity contribution in [2.45, 2.75) is 45.1 Å². The summed E-state index contributed by atoms with van der Waals surface area (Å²) >= 11 is 0. The molecule has 1 amide bonds. The van der Waals surface area contributed by atoms with E-state index in [4.69, 9.17) is 0 Å². The van der Waals surface area contributed by atoms with Crippen LogP contribution in [0.3, 0.4) is 0 Å². The van der Waals surface area contributed by atoms with Gasteiger partial charge in [0, 0.05) is 50.7 Å². The Morgan fingerprint density at radius 3 is 2.53 bits per heavy atom. The number of nitrogens with zero attached hydrogens (tertiary/aromatic N) is 2. The van der Waals surface area contributed by atoms with Gasteiger partial charge in [-0.25, -0.2) is 0 Å². The highest BCUT2D eigenvalue weighted by molar-refractivity contribution is 5.83. The van der Waals surface area contributed by atoms with Crippen molar-refractivity contribution in [3.8, 4) is 0 Å². The molecule has 19 heavy (non-hydrogen) atoms. The van der Waals surface area contributed by atoms with E-state index in [1.54, 1.807) is 0 Å². The lowest BCUT2D eigenvalue weighted by molar-refractivity contribution is -0.140. The van der Waals surface area contributed by atoms with Crippen LogP contribution in [0, 0.1) is 5.41 Å². The number of amides is 1. The summed E-state index contributed by atoms with van der Waals surface area (Å²) < 4.78 is 0. The maximum absolute atomic E-state index is 12.7. The first-order valence-corrected chi connectivity index (χ1v) is 7.93. The Kier molecular flexibility index (Phi) is 3.81. The van der Waals surface area contributed by atoms with E-state index in [9.17, 15) is 4.79 Å². The summed E-state index contributed by atoms with van der Waals surface area (Å²) in [4.78, 5) is 17.4. The zero-order valence-corrected chi connectivity index (χ0v) is 12.2. The Morgan fingerprint density at radius 2 is 1.84 bits per heavy atom. The smallest absolute Gasteiger partial charge is 0.228 e. The Morgan fingerprint density at radius 1 is 1.16 bits per heavy atom. The van der Waals surface area contributed by atoms with E-state index < -0.39 is 0 Å². The van der Waals surface area contributed by atoms with Crippen molar-refractivity contribution in [1.29, 1.82) is 0 Å². The van der Waals surface area contributed by atoms with E-state index in [0.717, 1.165) is 52.1 Å². The van der Waals surface area contributed by atoms with Gasteiger partial charge in [-0.05, 0) is 19.3 Å². The monoisotopic (exact) mass is 265 g/mol. The summed E-state index contributed by atoms with van der Waals surface area (Å²) in [5, 5.41) is 3.40. The molecule has 0 aromatic heterocycles. The fourth-order valence-corrected chi connectivity index (χ4v) is 4.02. The molecule has 1 aliphatic carbocycles. The van der Waals surface area contributed by atoms with Crippen LogP contribution in [0.4, 0.5) is 0 Å². The number of hydrogen-bond acceptors (Lipinski definition) is 3. The highest BCUT2D eigenvalue weighted by Gasteiger charge is 2.41. The lowest BCUT2D eigenvalue weighted by Gasteiger charge is -2.33. The Hall–Kier alpha value is -0.610. The minimum Gasteiger partial charge on any atom is -0.341 e. The molecule has 108 valence electrons. The van der Waals surface area contributed by atoms with Crippen molar-refractivity contribution >= 4 is 5.91 Å². The number of carbonyl (C=O) groups excluding carboxylic acids is 1. The Labute approximate surface area is 116 Å². The van der Waals surface area contributed by atoms with Crippen LogP contribution in [0.1, 0.15) is 39.0 Å². The van der Waals surface area contributed by atoms with Crippen molar-refractivity contribution in [2.75, 3.05) is 39.3 Å². The average molecular weight is 265 g/mol. The van der Waals surface area contributed by atoms with Gasteiger partial charge in [-0.2, -0.15) is 0 Å². The number of carbonyl (C=O) groups is 1. The van der Waals surface area contributed by atoms with Gasteiger partial charge < -0.3 is 10.2 Å². The topological polar surface area (TPSA) is 35.6 Å². The van der Waals surface area contributed by atoms with Gasteiger partial charge in [0.25, 0.3) is 0 Å². The molecule has 2 heterocycles. The summed E-state index contributed by atoms with van der Waals surface area (Å²) in [7, 11) is 0. The first-order chi connectivity index (χ1) is 9.19. The van der Waals surface area contributed by atoms with Crippen LogP contribution < -0.4 is 5.32 Å². The molecule has 4 nitrogen and oxygen atoms in total. The fourth-order valence-electron chi connectivity index (χ4n) is 4.02. The molecule has 2 saturated heterocycles. The van der Waals surface area contributed by atoms with Crippen molar-refractivity contribution in [2.24, 2.45) is 5.41 Å². The fraction of sp³-hybridized carbons (Fsp3) is 0.933. The molecule has 0 aromatic rings. The summed E-state index contributed by atoms with van der Waals surface area (Å²) in [6.07, 6.45) is 5.83. The highest BCUT2D eigenvalue weighted by atomic mass is 16.2. The van der Waals surface area contributed by atoms with Crippen molar-refractivity contribution in [1.82, 2.24) is 15.1 Å². The zero-order chi connectivity index (χ0) is 13.3. The lowest BCUT2D eigenvalue weighted by Crippen LogP contribution is -2.50. The number of nitrogens with one attached hydrogen (secondary N) is 1. The normalized spacial score (nSPS) is 31.8. The van der Waals surface area contributed by atoms with E-state index in [1.807, 2.05) is 0 Å². The molecule has 3 fully saturated rings. The molecule has 1 unspecified atom stereocenters. The third-order valence-electron chi connectivity index (χ3n) is 5.34. The maximum atomic E-state index is 12.7. The molecule has 4 heteroatoms. The molecule has 3 rings (SSSR count). The standard InChI is InChI=1S/C15H27N3O/c1-15(5-2-3-6-15)14(19)18-9-4-13(12-18)17-10-7-16-8-11-17/h13,16H,2-12H2,1H3. The number of hydrogen-bond donors (Lipinski definition) is 1. The summed E-state index contributed by atoms with van der Waals surface area (Å²) in [5.41, 5.74) is -0.0433. The first-order valence-electron chi connectivity index (χ1n) is 7.93. The third-order valence-corrected chi connectivity index (χ3v) is 5.34. The second kappa shape index (κ2) is 5.41. The molecular formula is C15H27N3O. The van der Waals surface area contributed by atoms with Crippen LogP contribution in [0.2, 0.25) is 0 Å². The van der Waals surface area contributed by atoms with E-state index in [2.05, 4.69) is 22.0 Å². The van der Waals surface area contributed by atoms with E-state index >= 15 is 0 Å². The van der Waals surface area contributed by atoms with E-state index in [1.165, 1.54) is 19.3 Å². The van der Waals surface area contributed by atoms with Gasteiger partial charge in [0.1, 0.15) is 0 Å². The average Bonchev–Trinajstić information content (AvgIpc) is 3.09. The second-order valence-electron chi connectivity index (χ2n) is 6.75. The van der Waals surface area contributed by atoms with Gasteiger partial charge in [-0.3, -0.25) is 9.69 Å². The predicted molar refractivity (Wildman–Crippen MR) is 76.0 cm³/mol. The van der Waals surface area contributed by atoms with Crippen LogP contribution in [-0.4, -0.2) is 61.0 Å². The quantitative estimate of drug-likeness (QED) is 0.811. The van der Waals surface area contributed by atoms with Crippen molar-refractivity contribution in [3.63, 3.8) is 0 Å². The van der Waals surface area contributed by atoms with Crippen LogP contribution in [0.25, 0.3) is 0 Å². The molecule has 1 atom stereocenters. The molecule has 0 radical (unpaired) electrons. The van der Waals surface area contributed by atoms with Gasteiger partial charge >= 0.3 is 0 Å². The zero-order valence-electron chi connectivity index (χ0n) is 12.2. The van der Waals surface area contributed by atoms with Crippen LogP contribution in [0.5, 0.6) is 0 Å². The lowest BCUT2D eigenvalue weighted by atomic mass is 9.87. The van der Waals surface area contributed by atoms with Crippen molar-refractivity contribution in [3.05, 3.63) is 0 Å². The predicted octanol–water partition coefficient (Wildman–Crippen LogP) is 1.07. The first kappa shape index (κ1) is 13.4.